The molecule has 0 fully saturated rings. The molecule has 0 saturated carbocycles. The Morgan fingerprint density at radius 2 is 1.61 bits per heavy atom. The van der Waals surface area contributed by atoms with Crippen molar-refractivity contribution in [1.82, 2.24) is 0 Å². The van der Waals surface area contributed by atoms with E-state index >= 15 is 0 Å². The van der Waals surface area contributed by atoms with Gasteiger partial charge in [0, 0.05) is 5.56 Å². The number of hydrogen-bond donors (Lipinski definition) is 0. The first kappa shape index (κ1) is 13.5. The summed E-state index contributed by atoms with van der Waals surface area (Å²) in [4.78, 5) is 26.5. The normalized spacial score (nSPS) is 13.5. The smallest absolute Gasteiger partial charge is 0.266 e. The Bertz CT molecular complexity index is 908. The standard InChI is InChI=1S/C19H13NO3/c1-12-4-7-14(8-5-12)20-18(21)15-9-6-13(11-16(15)19(20)22)17-3-2-10-23-17/h2-11H,1H3. The second kappa shape index (κ2) is 4.95. The number of hydrogen-bond acceptors (Lipinski definition) is 3. The zero-order valence-electron chi connectivity index (χ0n) is 12.4. The van der Waals surface area contributed by atoms with Crippen LogP contribution >= 0.6 is 0 Å². The average Bonchev–Trinajstić information content (AvgIpc) is 3.17. The SMILES string of the molecule is Cc1ccc(N2C(=O)c3ccc(-c4ccco4)cc3C2=O)cc1. The van der Waals surface area contributed by atoms with Gasteiger partial charge in [0.1, 0.15) is 5.76 Å². The molecule has 0 aliphatic carbocycles. The molecule has 0 spiro atoms. The van der Waals surface area contributed by atoms with Gasteiger partial charge in [-0.1, -0.05) is 23.8 Å². The molecule has 4 nitrogen and oxygen atoms in total. The molecule has 2 amide bonds. The van der Waals surface area contributed by atoms with Crippen LogP contribution in [0.3, 0.4) is 0 Å². The van der Waals surface area contributed by atoms with E-state index in [1.807, 2.05) is 25.1 Å². The number of rotatable bonds is 2. The average molecular weight is 303 g/mol. The maximum Gasteiger partial charge on any atom is 0.266 e. The number of carbonyl (C=O) groups excluding carboxylic acids is 2. The van der Waals surface area contributed by atoms with Crippen molar-refractivity contribution in [1.29, 1.82) is 0 Å². The van der Waals surface area contributed by atoms with Gasteiger partial charge in [-0.2, -0.15) is 0 Å². The van der Waals surface area contributed by atoms with Crippen molar-refractivity contribution >= 4 is 17.5 Å². The van der Waals surface area contributed by atoms with Gasteiger partial charge in [-0.15, -0.1) is 0 Å². The predicted octanol–water partition coefficient (Wildman–Crippen LogP) is 4.06. The van der Waals surface area contributed by atoms with Gasteiger partial charge >= 0.3 is 0 Å². The lowest BCUT2D eigenvalue weighted by molar-refractivity contribution is 0.0926. The summed E-state index contributed by atoms with van der Waals surface area (Å²) in [5, 5.41) is 0. The van der Waals surface area contributed by atoms with Crippen LogP contribution in [-0.2, 0) is 0 Å². The maximum atomic E-state index is 12.7. The molecule has 23 heavy (non-hydrogen) atoms. The Hall–Kier alpha value is -3.14. The van der Waals surface area contributed by atoms with Crippen molar-refractivity contribution < 1.29 is 14.0 Å². The van der Waals surface area contributed by atoms with Crippen LogP contribution in [-0.4, -0.2) is 11.8 Å². The summed E-state index contributed by atoms with van der Waals surface area (Å²) < 4.78 is 5.36. The van der Waals surface area contributed by atoms with Crippen LogP contribution in [0, 0.1) is 6.92 Å². The highest BCUT2D eigenvalue weighted by atomic mass is 16.3. The van der Waals surface area contributed by atoms with Gasteiger partial charge in [-0.25, -0.2) is 4.90 Å². The minimum atomic E-state index is -0.303. The van der Waals surface area contributed by atoms with Crippen molar-refractivity contribution in [2.24, 2.45) is 0 Å². The van der Waals surface area contributed by atoms with Gasteiger partial charge in [-0.3, -0.25) is 9.59 Å². The molecule has 2 aromatic carbocycles. The van der Waals surface area contributed by atoms with Crippen molar-refractivity contribution in [3.05, 3.63) is 77.6 Å². The fourth-order valence-corrected chi connectivity index (χ4v) is 2.77. The number of anilines is 1. The first-order valence-corrected chi connectivity index (χ1v) is 7.28. The number of benzene rings is 2. The first-order valence-electron chi connectivity index (χ1n) is 7.28. The highest BCUT2D eigenvalue weighted by molar-refractivity contribution is 6.34. The molecule has 4 heteroatoms. The quantitative estimate of drug-likeness (QED) is 0.671. The Labute approximate surface area is 133 Å². The maximum absolute atomic E-state index is 12.7. The summed E-state index contributed by atoms with van der Waals surface area (Å²) in [6.45, 7) is 1.96. The van der Waals surface area contributed by atoms with Gasteiger partial charge in [0.15, 0.2) is 0 Å². The molecule has 2 heterocycles. The number of aryl methyl sites for hydroxylation is 1. The predicted molar refractivity (Wildman–Crippen MR) is 86.5 cm³/mol. The molecule has 0 bridgehead atoms. The van der Waals surface area contributed by atoms with Gasteiger partial charge in [0.25, 0.3) is 11.8 Å². The molecule has 112 valence electrons. The molecule has 1 aliphatic rings. The number of carbonyl (C=O) groups is 2. The number of furan rings is 1. The van der Waals surface area contributed by atoms with Crippen LogP contribution in [0.25, 0.3) is 11.3 Å². The second-order valence-electron chi connectivity index (χ2n) is 5.52. The highest BCUT2D eigenvalue weighted by Gasteiger charge is 2.36. The van der Waals surface area contributed by atoms with Crippen LogP contribution in [0.1, 0.15) is 26.3 Å². The Morgan fingerprint density at radius 1 is 0.870 bits per heavy atom. The third kappa shape index (κ3) is 2.07. The van der Waals surface area contributed by atoms with E-state index in [2.05, 4.69) is 0 Å². The summed E-state index contributed by atoms with van der Waals surface area (Å²) in [6.07, 6.45) is 1.58. The minimum Gasteiger partial charge on any atom is -0.464 e. The van der Waals surface area contributed by atoms with Crippen molar-refractivity contribution in [2.45, 2.75) is 6.92 Å². The van der Waals surface area contributed by atoms with Gasteiger partial charge in [-0.05, 0) is 43.3 Å². The second-order valence-corrected chi connectivity index (χ2v) is 5.52. The molecular weight excluding hydrogens is 290 g/mol. The fraction of sp³-hybridized carbons (Fsp3) is 0.0526. The number of amides is 2. The Kier molecular flexibility index (Phi) is 2.91. The molecule has 1 aliphatic heterocycles. The lowest BCUT2D eigenvalue weighted by Crippen LogP contribution is -2.29. The minimum absolute atomic E-state index is 0.292. The largest absolute Gasteiger partial charge is 0.464 e. The molecular formula is C19H13NO3. The molecule has 0 unspecified atom stereocenters. The summed E-state index contributed by atoms with van der Waals surface area (Å²) in [5.74, 6) is 0.0731. The van der Waals surface area contributed by atoms with Crippen LogP contribution < -0.4 is 4.90 Å². The van der Waals surface area contributed by atoms with Gasteiger partial charge in [0.05, 0.1) is 23.1 Å². The van der Waals surface area contributed by atoms with E-state index in [1.54, 1.807) is 42.7 Å². The molecule has 1 aromatic heterocycles. The first-order chi connectivity index (χ1) is 11.1. The molecule has 4 rings (SSSR count). The van der Waals surface area contributed by atoms with E-state index in [0.717, 1.165) is 11.1 Å². The van der Waals surface area contributed by atoms with E-state index in [-0.39, 0.29) is 11.8 Å². The van der Waals surface area contributed by atoms with Crippen LogP contribution in [0.4, 0.5) is 5.69 Å². The van der Waals surface area contributed by atoms with Crippen LogP contribution in [0.15, 0.2) is 65.3 Å². The lowest BCUT2D eigenvalue weighted by atomic mass is 10.0. The van der Waals surface area contributed by atoms with E-state index in [0.29, 0.717) is 22.6 Å². The molecule has 0 atom stereocenters. The summed E-state index contributed by atoms with van der Waals surface area (Å²) in [5.41, 5.74) is 3.27. The van der Waals surface area contributed by atoms with E-state index < -0.39 is 0 Å². The van der Waals surface area contributed by atoms with Gasteiger partial charge < -0.3 is 4.42 Å². The topological polar surface area (TPSA) is 50.5 Å². The summed E-state index contributed by atoms with van der Waals surface area (Å²) in [6, 6.07) is 16.1. The van der Waals surface area contributed by atoms with E-state index in [4.69, 9.17) is 4.42 Å². The van der Waals surface area contributed by atoms with Crippen molar-refractivity contribution in [2.75, 3.05) is 4.90 Å². The molecule has 0 saturated heterocycles. The summed E-state index contributed by atoms with van der Waals surface area (Å²) in [7, 11) is 0. The number of fused-ring (bicyclic) bond motifs is 1. The Balaban J connectivity index is 1.78. The fourth-order valence-electron chi connectivity index (χ4n) is 2.77. The monoisotopic (exact) mass is 303 g/mol. The molecule has 0 radical (unpaired) electrons. The third-order valence-corrected chi connectivity index (χ3v) is 3.98. The van der Waals surface area contributed by atoms with E-state index in [1.165, 1.54) is 4.90 Å². The third-order valence-electron chi connectivity index (χ3n) is 3.98. The number of imide groups is 1. The summed E-state index contributed by atoms with van der Waals surface area (Å²) >= 11 is 0. The van der Waals surface area contributed by atoms with E-state index in [9.17, 15) is 9.59 Å². The molecule has 3 aromatic rings. The highest BCUT2D eigenvalue weighted by Crippen LogP contribution is 2.31. The van der Waals surface area contributed by atoms with Crippen molar-refractivity contribution in [3.8, 4) is 11.3 Å². The zero-order valence-corrected chi connectivity index (χ0v) is 12.4. The van der Waals surface area contributed by atoms with Gasteiger partial charge in [0.2, 0.25) is 0 Å². The zero-order chi connectivity index (χ0) is 16.0. The van der Waals surface area contributed by atoms with Crippen LogP contribution in [0.5, 0.6) is 0 Å². The van der Waals surface area contributed by atoms with Crippen LogP contribution in [0.2, 0.25) is 0 Å². The molecule has 0 N–H and O–H groups in total. The number of nitrogens with zero attached hydrogens (tertiary/aromatic N) is 1. The Morgan fingerprint density at radius 3 is 2.30 bits per heavy atom. The van der Waals surface area contributed by atoms with Crippen molar-refractivity contribution in [3.63, 3.8) is 0 Å². The lowest BCUT2D eigenvalue weighted by Gasteiger charge is -2.13.